The van der Waals surface area contributed by atoms with Crippen molar-refractivity contribution in [3.63, 3.8) is 0 Å². The molecule has 0 aliphatic carbocycles. The number of carboxylic acids is 1. The summed E-state index contributed by atoms with van der Waals surface area (Å²) in [7, 11) is 0. The van der Waals surface area contributed by atoms with E-state index in [9.17, 15) is 9.59 Å². The fraction of sp³-hybridized carbons (Fsp3) is 0.636. The van der Waals surface area contributed by atoms with Crippen molar-refractivity contribution in [2.45, 2.75) is 31.8 Å². The van der Waals surface area contributed by atoms with Crippen molar-refractivity contribution >= 4 is 11.9 Å². The number of hydrogen-bond acceptors (Lipinski definition) is 5. The topological polar surface area (TPSA) is 114 Å². The first-order valence-electron chi connectivity index (χ1n) is 6.27. The van der Waals surface area contributed by atoms with E-state index in [1.807, 2.05) is 0 Å². The summed E-state index contributed by atoms with van der Waals surface area (Å²) in [5.41, 5.74) is 5.56. The van der Waals surface area contributed by atoms with Gasteiger partial charge in [0.15, 0.2) is 5.69 Å². The molecule has 1 aliphatic heterocycles. The van der Waals surface area contributed by atoms with Gasteiger partial charge in [-0.2, -0.15) is 0 Å². The molecule has 2 heterocycles. The summed E-state index contributed by atoms with van der Waals surface area (Å²) in [5.74, 6) is -1.35. The number of amides is 1. The summed E-state index contributed by atoms with van der Waals surface area (Å²) in [6, 6.07) is -0.763. The van der Waals surface area contributed by atoms with Crippen LogP contribution in [0.4, 0.5) is 0 Å². The average Bonchev–Trinajstić information content (AvgIpc) is 2.87. The van der Waals surface area contributed by atoms with Gasteiger partial charge in [0.1, 0.15) is 6.04 Å². The van der Waals surface area contributed by atoms with Gasteiger partial charge in [-0.05, 0) is 19.3 Å². The van der Waals surface area contributed by atoms with E-state index in [0.717, 1.165) is 12.8 Å². The van der Waals surface area contributed by atoms with Gasteiger partial charge >= 0.3 is 5.97 Å². The SMILES string of the molecule is NCCn1cc(C(=O)N2CCCC[C@H]2C(=O)O)nn1. The molecule has 0 spiro atoms. The summed E-state index contributed by atoms with van der Waals surface area (Å²) in [6.45, 7) is 1.32. The molecule has 0 aromatic carbocycles. The second-order valence-corrected chi connectivity index (χ2v) is 4.50. The lowest BCUT2D eigenvalue weighted by Gasteiger charge is -2.32. The predicted molar refractivity (Wildman–Crippen MR) is 65.4 cm³/mol. The fourth-order valence-corrected chi connectivity index (χ4v) is 2.22. The summed E-state index contributed by atoms with van der Waals surface area (Å²) < 4.78 is 1.48. The molecular weight excluding hydrogens is 250 g/mol. The van der Waals surface area contributed by atoms with Crippen molar-refractivity contribution in [2.24, 2.45) is 5.73 Å². The maximum absolute atomic E-state index is 12.2. The summed E-state index contributed by atoms with van der Waals surface area (Å²) in [4.78, 5) is 24.8. The molecule has 0 bridgehead atoms. The summed E-state index contributed by atoms with van der Waals surface area (Å²) in [5, 5.41) is 16.7. The van der Waals surface area contributed by atoms with Gasteiger partial charge in [0.05, 0.1) is 12.7 Å². The monoisotopic (exact) mass is 267 g/mol. The number of nitrogens with zero attached hydrogens (tertiary/aromatic N) is 4. The Morgan fingerprint density at radius 3 is 2.95 bits per heavy atom. The van der Waals surface area contributed by atoms with Crippen LogP contribution in [0.25, 0.3) is 0 Å². The highest BCUT2D eigenvalue weighted by molar-refractivity contribution is 5.94. The molecular formula is C11H17N5O3. The first-order chi connectivity index (χ1) is 9.13. The van der Waals surface area contributed by atoms with Crippen molar-refractivity contribution in [1.82, 2.24) is 19.9 Å². The van der Waals surface area contributed by atoms with Crippen LogP contribution in [0.1, 0.15) is 29.8 Å². The predicted octanol–water partition coefficient (Wildman–Crippen LogP) is -0.684. The van der Waals surface area contributed by atoms with Crippen LogP contribution < -0.4 is 5.73 Å². The lowest BCUT2D eigenvalue weighted by molar-refractivity contribution is -0.143. The molecule has 1 atom stereocenters. The molecule has 2 rings (SSSR count). The third-order valence-electron chi connectivity index (χ3n) is 3.16. The van der Waals surface area contributed by atoms with Crippen LogP contribution in [-0.2, 0) is 11.3 Å². The van der Waals surface area contributed by atoms with Crippen LogP contribution in [0.2, 0.25) is 0 Å². The molecule has 1 aliphatic rings. The van der Waals surface area contributed by atoms with Crippen molar-refractivity contribution in [3.8, 4) is 0 Å². The van der Waals surface area contributed by atoms with E-state index in [0.29, 0.717) is 26.1 Å². The van der Waals surface area contributed by atoms with E-state index in [2.05, 4.69) is 10.3 Å². The molecule has 0 radical (unpaired) electrons. The van der Waals surface area contributed by atoms with Gasteiger partial charge in [-0.3, -0.25) is 9.48 Å². The van der Waals surface area contributed by atoms with E-state index >= 15 is 0 Å². The van der Waals surface area contributed by atoms with Gasteiger partial charge in [-0.25, -0.2) is 4.79 Å². The highest BCUT2D eigenvalue weighted by atomic mass is 16.4. The third-order valence-corrected chi connectivity index (χ3v) is 3.16. The lowest BCUT2D eigenvalue weighted by Crippen LogP contribution is -2.48. The minimum absolute atomic E-state index is 0.168. The second-order valence-electron chi connectivity index (χ2n) is 4.50. The Morgan fingerprint density at radius 1 is 1.47 bits per heavy atom. The van der Waals surface area contributed by atoms with Gasteiger partial charge in [0.25, 0.3) is 5.91 Å². The molecule has 8 heteroatoms. The molecule has 1 saturated heterocycles. The molecule has 3 N–H and O–H groups in total. The van der Waals surface area contributed by atoms with E-state index in [-0.39, 0.29) is 11.6 Å². The van der Waals surface area contributed by atoms with Gasteiger partial charge in [0, 0.05) is 13.1 Å². The Bertz CT molecular complexity index is 473. The first kappa shape index (κ1) is 13.5. The van der Waals surface area contributed by atoms with Gasteiger partial charge in [-0.1, -0.05) is 5.21 Å². The van der Waals surface area contributed by atoms with Crippen LogP contribution in [0.5, 0.6) is 0 Å². The standard InChI is InChI=1S/C11H17N5O3/c12-4-6-15-7-8(13-14-15)10(17)16-5-2-1-3-9(16)11(18)19/h7,9H,1-6,12H2,(H,18,19)/t9-/m0/s1. The van der Waals surface area contributed by atoms with Crippen molar-refractivity contribution in [3.05, 3.63) is 11.9 Å². The number of rotatable bonds is 4. The molecule has 1 aromatic rings. The largest absolute Gasteiger partial charge is 0.480 e. The zero-order chi connectivity index (χ0) is 13.8. The first-order valence-corrected chi connectivity index (χ1v) is 6.27. The molecule has 1 aromatic heterocycles. The van der Waals surface area contributed by atoms with Crippen LogP contribution >= 0.6 is 0 Å². The molecule has 104 valence electrons. The zero-order valence-electron chi connectivity index (χ0n) is 10.5. The van der Waals surface area contributed by atoms with Crippen LogP contribution in [-0.4, -0.2) is 56.0 Å². The number of aromatic nitrogens is 3. The van der Waals surface area contributed by atoms with Gasteiger partial charge < -0.3 is 15.7 Å². The number of carboxylic acid groups (broad SMARTS) is 1. The quantitative estimate of drug-likeness (QED) is 0.746. The van der Waals surface area contributed by atoms with Crippen molar-refractivity contribution in [2.75, 3.05) is 13.1 Å². The number of aliphatic carboxylic acids is 1. The Labute approximate surface area is 110 Å². The Kier molecular flexibility index (Phi) is 4.10. The number of carbonyl (C=O) groups is 2. The number of likely N-dealkylation sites (tertiary alicyclic amines) is 1. The van der Waals surface area contributed by atoms with Crippen molar-refractivity contribution in [1.29, 1.82) is 0 Å². The zero-order valence-corrected chi connectivity index (χ0v) is 10.5. The molecule has 0 saturated carbocycles. The second kappa shape index (κ2) is 5.79. The van der Waals surface area contributed by atoms with Gasteiger partial charge in [-0.15, -0.1) is 5.10 Å². The third kappa shape index (κ3) is 2.90. The molecule has 1 amide bonds. The smallest absolute Gasteiger partial charge is 0.326 e. The Hall–Kier alpha value is -1.96. The van der Waals surface area contributed by atoms with Gasteiger partial charge in [0.2, 0.25) is 0 Å². The highest BCUT2D eigenvalue weighted by Crippen LogP contribution is 2.19. The van der Waals surface area contributed by atoms with E-state index in [4.69, 9.17) is 10.8 Å². The van der Waals surface area contributed by atoms with Crippen LogP contribution in [0.15, 0.2) is 6.20 Å². The number of carbonyl (C=O) groups excluding carboxylic acids is 1. The molecule has 19 heavy (non-hydrogen) atoms. The van der Waals surface area contributed by atoms with Crippen LogP contribution in [0.3, 0.4) is 0 Å². The lowest BCUT2D eigenvalue weighted by atomic mass is 10.0. The van der Waals surface area contributed by atoms with E-state index in [1.54, 1.807) is 0 Å². The molecule has 8 nitrogen and oxygen atoms in total. The average molecular weight is 267 g/mol. The number of piperidine rings is 1. The maximum atomic E-state index is 12.2. The van der Waals surface area contributed by atoms with Crippen LogP contribution in [0, 0.1) is 0 Å². The molecule has 1 fully saturated rings. The Balaban J connectivity index is 2.14. The van der Waals surface area contributed by atoms with Crippen molar-refractivity contribution < 1.29 is 14.7 Å². The Morgan fingerprint density at radius 2 is 2.26 bits per heavy atom. The van der Waals surface area contributed by atoms with E-state index < -0.39 is 12.0 Å². The van der Waals surface area contributed by atoms with E-state index in [1.165, 1.54) is 15.8 Å². The normalized spacial score (nSPS) is 19.4. The minimum Gasteiger partial charge on any atom is -0.480 e. The number of hydrogen-bond donors (Lipinski definition) is 2. The summed E-state index contributed by atoms with van der Waals surface area (Å²) in [6.07, 6.45) is 3.62. The molecule has 0 unspecified atom stereocenters. The number of nitrogens with two attached hydrogens (primary N) is 1. The maximum Gasteiger partial charge on any atom is 0.326 e. The fourth-order valence-electron chi connectivity index (χ4n) is 2.22. The summed E-state index contributed by atoms with van der Waals surface area (Å²) >= 11 is 0. The minimum atomic E-state index is -0.970. The highest BCUT2D eigenvalue weighted by Gasteiger charge is 2.33.